The van der Waals surface area contributed by atoms with Crippen LogP contribution in [0.4, 0.5) is 0 Å². The molecular weight excluding hydrogens is 204 g/mol. The number of likely N-dealkylation sites (N-methyl/N-ethyl adjacent to an activating group) is 1. The maximum absolute atomic E-state index is 10.6. The fourth-order valence-corrected chi connectivity index (χ4v) is 2.38. The van der Waals surface area contributed by atoms with E-state index in [9.17, 15) is 4.79 Å². The van der Waals surface area contributed by atoms with Crippen molar-refractivity contribution in [3.8, 4) is 0 Å². The van der Waals surface area contributed by atoms with Crippen molar-refractivity contribution in [2.45, 2.75) is 38.6 Å². The molecule has 1 N–H and O–H groups in total. The molecule has 1 heterocycles. The second-order valence-corrected chi connectivity index (χ2v) is 4.72. The lowest BCUT2D eigenvalue weighted by molar-refractivity contribution is -0.137. The van der Waals surface area contributed by atoms with E-state index < -0.39 is 5.97 Å². The summed E-state index contributed by atoms with van der Waals surface area (Å²) >= 11 is 0. The van der Waals surface area contributed by atoms with Crippen LogP contribution in [0, 0.1) is 0 Å². The number of carboxylic acid groups (broad SMARTS) is 1. The number of carbonyl (C=O) groups is 1. The highest BCUT2D eigenvalue weighted by atomic mass is 16.4. The Balaban J connectivity index is 2.45. The molecule has 1 unspecified atom stereocenters. The zero-order valence-corrected chi connectivity index (χ0v) is 10.5. The van der Waals surface area contributed by atoms with Gasteiger partial charge in [-0.1, -0.05) is 6.92 Å². The Morgan fingerprint density at radius 2 is 2.19 bits per heavy atom. The van der Waals surface area contributed by atoms with E-state index in [2.05, 4.69) is 23.8 Å². The summed E-state index contributed by atoms with van der Waals surface area (Å²) in [6, 6.07) is 0.408. The van der Waals surface area contributed by atoms with Crippen molar-refractivity contribution in [1.82, 2.24) is 9.80 Å². The SMILES string of the molecule is CCCN1CCCN(C)C(CCC(=O)O)C1. The highest BCUT2D eigenvalue weighted by Crippen LogP contribution is 2.13. The maximum Gasteiger partial charge on any atom is 0.303 e. The Bertz CT molecular complexity index is 221. The van der Waals surface area contributed by atoms with Crippen molar-refractivity contribution in [3.05, 3.63) is 0 Å². The molecule has 0 aliphatic carbocycles. The third-order valence-corrected chi connectivity index (χ3v) is 3.31. The van der Waals surface area contributed by atoms with Crippen LogP contribution >= 0.6 is 0 Å². The highest BCUT2D eigenvalue weighted by molar-refractivity contribution is 5.66. The molecule has 1 aliphatic rings. The lowest BCUT2D eigenvalue weighted by Crippen LogP contribution is -2.39. The summed E-state index contributed by atoms with van der Waals surface area (Å²) in [5.74, 6) is -0.681. The van der Waals surface area contributed by atoms with Gasteiger partial charge < -0.3 is 14.9 Å². The summed E-state index contributed by atoms with van der Waals surface area (Å²) in [6.07, 6.45) is 3.43. The van der Waals surface area contributed by atoms with E-state index in [1.165, 1.54) is 12.8 Å². The van der Waals surface area contributed by atoms with Gasteiger partial charge in [0.25, 0.3) is 0 Å². The summed E-state index contributed by atoms with van der Waals surface area (Å²) in [5, 5.41) is 8.74. The molecule has 94 valence electrons. The van der Waals surface area contributed by atoms with Crippen LogP contribution in [0.15, 0.2) is 0 Å². The summed E-state index contributed by atoms with van der Waals surface area (Å²) in [5.41, 5.74) is 0. The number of aliphatic carboxylic acids is 1. The van der Waals surface area contributed by atoms with Crippen LogP contribution in [-0.2, 0) is 4.79 Å². The number of hydrogen-bond donors (Lipinski definition) is 1. The van der Waals surface area contributed by atoms with Gasteiger partial charge in [0.2, 0.25) is 0 Å². The molecule has 0 aromatic carbocycles. The molecule has 0 spiro atoms. The van der Waals surface area contributed by atoms with Gasteiger partial charge in [0.1, 0.15) is 0 Å². The van der Waals surface area contributed by atoms with Gasteiger partial charge in [-0.3, -0.25) is 4.79 Å². The second kappa shape index (κ2) is 6.86. The van der Waals surface area contributed by atoms with E-state index in [-0.39, 0.29) is 6.42 Å². The molecule has 1 fully saturated rings. The Labute approximate surface area is 98.2 Å². The maximum atomic E-state index is 10.6. The van der Waals surface area contributed by atoms with Crippen LogP contribution in [-0.4, -0.2) is 60.1 Å². The number of rotatable bonds is 5. The first-order chi connectivity index (χ1) is 7.63. The largest absolute Gasteiger partial charge is 0.481 e. The zero-order valence-electron chi connectivity index (χ0n) is 10.5. The fraction of sp³-hybridized carbons (Fsp3) is 0.917. The lowest BCUT2D eigenvalue weighted by atomic mass is 10.1. The van der Waals surface area contributed by atoms with Gasteiger partial charge in [-0.15, -0.1) is 0 Å². The van der Waals surface area contributed by atoms with Gasteiger partial charge in [-0.05, 0) is 45.9 Å². The van der Waals surface area contributed by atoms with Crippen molar-refractivity contribution in [2.24, 2.45) is 0 Å². The third kappa shape index (κ3) is 4.49. The molecular formula is C12H24N2O2. The van der Waals surface area contributed by atoms with Crippen LogP contribution in [0.1, 0.15) is 32.6 Å². The smallest absolute Gasteiger partial charge is 0.303 e. The zero-order chi connectivity index (χ0) is 12.0. The molecule has 1 rings (SSSR count). The van der Waals surface area contributed by atoms with Crippen LogP contribution < -0.4 is 0 Å². The Morgan fingerprint density at radius 1 is 1.44 bits per heavy atom. The van der Waals surface area contributed by atoms with E-state index in [0.29, 0.717) is 6.04 Å². The van der Waals surface area contributed by atoms with Gasteiger partial charge in [0.05, 0.1) is 0 Å². The van der Waals surface area contributed by atoms with E-state index in [4.69, 9.17) is 5.11 Å². The highest BCUT2D eigenvalue weighted by Gasteiger charge is 2.22. The first-order valence-corrected chi connectivity index (χ1v) is 6.28. The van der Waals surface area contributed by atoms with E-state index in [0.717, 1.165) is 32.6 Å². The minimum absolute atomic E-state index is 0.287. The average molecular weight is 228 g/mol. The van der Waals surface area contributed by atoms with E-state index in [1.54, 1.807) is 0 Å². The molecule has 4 nitrogen and oxygen atoms in total. The molecule has 0 bridgehead atoms. The molecule has 1 atom stereocenters. The first-order valence-electron chi connectivity index (χ1n) is 6.28. The van der Waals surface area contributed by atoms with Crippen molar-refractivity contribution in [2.75, 3.05) is 33.2 Å². The lowest BCUT2D eigenvalue weighted by Gasteiger charge is -2.28. The minimum Gasteiger partial charge on any atom is -0.481 e. The van der Waals surface area contributed by atoms with Gasteiger partial charge in [-0.25, -0.2) is 0 Å². The molecule has 0 amide bonds. The summed E-state index contributed by atoms with van der Waals surface area (Å²) < 4.78 is 0. The molecule has 4 heteroatoms. The van der Waals surface area contributed by atoms with Crippen molar-refractivity contribution in [3.63, 3.8) is 0 Å². The van der Waals surface area contributed by atoms with Crippen LogP contribution in [0.2, 0.25) is 0 Å². The van der Waals surface area contributed by atoms with Crippen LogP contribution in [0.5, 0.6) is 0 Å². The van der Waals surface area contributed by atoms with Gasteiger partial charge in [0, 0.05) is 19.0 Å². The average Bonchev–Trinajstić information content (AvgIpc) is 2.39. The van der Waals surface area contributed by atoms with Crippen molar-refractivity contribution in [1.29, 1.82) is 0 Å². The Hall–Kier alpha value is -0.610. The summed E-state index contributed by atoms with van der Waals surface area (Å²) in [6.45, 7) is 6.60. The summed E-state index contributed by atoms with van der Waals surface area (Å²) in [7, 11) is 2.11. The minimum atomic E-state index is -0.681. The van der Waals surface area contributed by atoms with Gasteiger partial charge in [-0.2, -0.15) is 0 Å². The predicted molar refractivity (Wildman–Crippen MR) is 64.6 cm³/mol. The van der Waals surface area contributed by atoms with Crippen LogP contribution in [0.25, 0.3) is 0 Å². The van der Waals surface area contributed by atoms with Gasteiger partial charge >= 0.3 is 5.97 Å². The van der Waals surface area contributed by atoms with Crippen molar-refractivity contribution >= 4 is 5.97 Å². The molecule has 0 saturated carbocycles. The first kappa shape index (κ1) is 13.5. The number of carboxylic acids is 1. The number of hydrogen-bond acceptors (Lipinski definition) is 3. The summed E-state index contributed by atoms with van der Waals surface area (Å²) in [4.78, 5) is 15.4. The third-order valence-electron chi connectivity index (χ3n) is 3.31. The molecule has 1 aliphatic heterocycles. The molecule has 0 radical (unpaired) electrons. The molecule has 0 aromatic rings. The molecule has 16 heavy (non-hydrogen) atoms. The van der Waals surface area contributed by atoms with Crippen LogP contribution in [0.3, 0.4) is 0 Å². The topological polar surface area (TPSA) is 43.8 Å². The van der Waals surface area contributed by atoms with Crippen molar-refractivity contribution < 1.29 is 9.90 Å². The van der Waals surface area contributed by atoms with Gasteiger partial charge in [0.15, 0.2) is 0 Å². The normalized spacial score (nSPS) is 24.2. The van der Waals surface area contributed by atoms with E-state index in [1.807, 2.05) is 0 Å². The predicted octanol–water partition coefficient (Wildman–Crippen LogP) is 1.27. The Morgan fingerprint density at radius 3 is 2.81 bits per heavy atom. The monoisotopic (exact) mass is 228 g/mol. The number of nitrogens with zero attached hydrogens (tertiary/aromatic N) is 2. The standard InChI is InChI=1S/C12H24N2O2/c1-3-7-14-9-4-8-13(2)11(10-14)5-6-12(15)16/h11H,3-10H2,1-2H3,(H,15,16). The molecule has 0 aromatic heterocycles. The van der Waals surface area contributed by atoms with E-state index >= 15 is 0 Å². The second-order valence-electron chi connectivity index (χ2n) is 4.72. The quantitative estimate of drug-likeness (QED) is 0.769. The molecule has 1 saturated heterocycles. The fourth-order valence-electron chi connectivity index (χ4n) is 2.38. The Kier molecular flexibility index (Phi) is 5.77.